The predicted octanol–water partition coefficient (Wildman–Crippen LogP) is 2.03. The molecule has 0 saturated carbocycles. The van der Waals surface area contributed by atoms with E-state index in [1.165, 1.54) is 4.90 Å². The van der Waals surface area contributed by atoms with Crippen LogP contribution in [0.25, 0.3) is 0 Å². The number of para-hydroxylation sites is 1. The Labute approximate surface area is 142 Å². The van der Waals surface area contributed by atoms with Crippen LogP contribution in [0.15, 0.2) is 24.3 Å². The molecule has 6 nitrogen and oxygen atoms in total. The SMILES string of the molecule is C[C@H](C(=O)N1c2ccccc2C[C@@H]1C)N1C(=O)N(C)C(C)(C)C1=O. The molecule has 4 amide bonds. The highest BCUT2D eigenvalue weighted by Gasteiger charge is 2.53. The number of hydrogen-bond donors (Lipinski definition) is 0. The summed E-state index contributed by atoms with van der Waals surface area (Å²) < 4.78 is 0. The summed E-state index contributed by atoms with van der Waals surface area (Å²) in [7, 11) is 1.59. The number of likely N-dealkylation sites (N-methyl/N-ethyl adjacent to an activating group) is 1. The number of hydrogen-bond acceptors (Lipinski definition) is 3. The summed E-state index contributed by atoms with van der Waals surface area (Å²) in [6.07, 6.45) is 0.780. The third kappa shape index (κ3) is 2.12. The van der Waals surface area contributed by atoms with E-state index in [-0.39, 0.29) is 17.9 Å². The smallest absolute Gasteiger partial charge is 0.313 e. The molecule has 0 N–H and O–H groups in total. The second-order valence-electron chi connectivity index (χ2n) is 7.14. The van der Waals surface area contributed by atoms with E-state index in [0.717, 1.165) is 22.6 Å². The van der Waals surface area contributed by atoms with Gasteiger partial charge in [-0.1, -0.05) is 18.2 Å². The van der Waals surface area contributed by atoms with E-state index >= 15 is 0 Å². The van der Waals surface area contributed by atoms with Crippen LogP contribution in [-0.2, 0) is 16.0 Å². The van der Waals surface area contributed by atoms with Gasteiger partial charge in [0.25, 0.3) is 5.91 Å². The molecule has 24 heavy (non-hydrogen) atoms. The van der Waals surface area contributed by atoms with Crippen LogP contribution in [0.2, 0.25) is 0 Å². The molecule has 2 aliphatic rings. The van der Waals surface area contributed by atoms with Crippen molar-refractivity contribution in [2.45, 2.75) is 51.7 Å². The van der Waals surface area contributed by atoms with E-state index < -0.39 is 17.6 Å². The highest BCUT2D eigenvalue weighted by molar-refractivity contribution is 6.11. The van der Waals surface area contributed by atoms with Crippen LogP contribution < -0.4 is 4.90 Å². The van der Waals surface area contributed by atoms with Crippen molar-refractivity contribution in [3.63, 3.8) is 0 Å². The molecule has 0 spiro atoms. The fraction of sp³-hybridized carbons (Fsp3) is 0.500. The van der Waals surface area contributed by atoms with Crippen molar-refractivity contribution in [3.05, 3.63) is 29.8 Å². The minimum absolute atomic E-state index is 0.0101. The Balaban J connectivity index is 1.91. The molecule has 2 aliphatic heterocycles. The van der Waals surface area contributed by atoms with Gasteiger partial charge in [0.15, 0.2) is 0 Å². The summed E-state index contributed by atoms with van der Waals surface area (Å²) in [5.74, 6) is -0.559. The third-order valence-corrected chi connectivity index (χ3v) is 5.26. The highest BCUT2D eigenvalue weighted by atomic mass is 16.2. The quantitative estimate of drug-likeness (QED) is 0.780. The number of fused-ring (bicyclic) bond motifs is 1. The van der Waals surface area contributed by atoms with Gasteiger partial charge in [0.1, 0.15) is 11.6 Å². The van der Waals surface area contributed by atoms with Crippen LogP contribution in [-0.4, -0.2) is 52.3 Å². The normalized spacial score (nSPS) is 23.7. The number of urea groups is 1. The zero-order valence-electron chi connectivity index (χ0n) is 14.7. The molecule has 0 aliphatic carbocycles. The minimum atomic E-state index is -0.930. The molecule has 0 aromatic heterocycles. The van der Waals surface area contributed by atoms with E-state index in [2.05, 4.69) is 0 Å². The second-order valence-corrected chi connectivity index (χ2v) is 7.14. The van der Waals surface area contributed by atoms with Crippen molar-refractivity contribution in [2.24, 2.45) is 0 Å². The van der Waals surface area contributed by atoms with Crippen LogP contribution in [0.5, 0.6) is 0 Å². The Morgan fingerprint density at radius 1 is 1.25 bits per heavy atom. The largest absolute Gasteiger partial charge is 0.328 e. The van der Waals surface area contributed by atoms with Gasteiger partial charge >= 0.3 is 6.03 Å². The van der Waals surface area contributed by atoms with Crippen molar-refractivity contribution < 1.29 is 14.4 Å². The van der Waals surface area contributed by atoms with Gasteiger partial charge < -0.3 is 9.80 Å². The molecule has 128 valence electrons. The van der Waals surface area contributed by atoms with Gasteiger partial charge in [0, 0.05) is 18.8 Å². The number of anilines is 1. The molecule has 0 bridgehead atoms. The Kier molecular flexibility index (Phi) is 3.66. The molecule has 1 aromatic carbocycles. The predicted molar refractivity (Wildman–Crippen MR) is 90.6 cm³/mol. The summed E-state index contributed by atoms with van der Waals surface area (Å²) in [6, 6.07) is 6.52. The lowest BCUT2D eigenvalue weighted by atomic mass is 10.0. The number of imide groups is 1. The molecule has 1 aromatic rings. The first-order valence-electron chi connectivity index (χ1n) is 8.20. The first-order chi connectivity index (χ1) is 11.2. The standard InChI is InChI=1S/C18H23N3O3/c1-11-10-13-8-6-7-9-14(13)20(11)15(22)12(2)21-16(23)18(3,4)19(5)17(21)24/h6-9,11-12H,10H2,1-5H3/t11-,12+/m0/s1. The van der Waals surface area contributed by atoms with Crippen molar-refractivity contribution >= 4 is 23.5 Å². The van der Waals surface area contributed by atoms with Gasteiger partial charge in [0.2, 0.25) is 5.91 Å². The van der Waals surface area contributed by atoms with Crippen molar-refractivity contribution in [1.82, 2.24) is 9.80 Å². The van der Waals surface area contributed by atoms with Crippen LogP contribution in [0.1, 0.15) is 33.3 Å². The maximum Gasteiger partial charge on any atom is 0.328 e. The molecule has 0 radical (unpaired) electrons. The Hall–Kier alpha value is -2.37. The molecule has 3 rings (SSSR count). The van der Waals surface area contributed by atoms with Crippen LogP contribution in [0, 0.1) is 0 Å². The number of benzene rings is 1. The number of rotatable bonds is 2. The first kappa shape index (κ1) is 16.5. The van der Waals surface area contributed by atoms with Crippen molar-refractivity contribution in [1.29, 1.82) is 0 Å². The fourth-order valence-corrected chi connectivity index (χ4v) is 3.48. The summed E-state index contributed by atoms with van der Waals surface area (Å²) >= 11 is 0. The molecule has 6 heteroatoms. The molecular weight excluding hydrogens is 306 g/mol. The van der Waals surface area contributed by atoms with Crippen LogP contribution >= 0.6 is 0 Å². The van der Waals surface area contributed by atoms with Crippen molar-refractivity contribution in [2.75, 3.05) is 11.9 Å². The zero-order valence-corrected chi connectivity index (χ0v) is 14.7. The fourth-order valence-electron chi connectivity index (χ4n) is 3.48. The lowest BCUT2D eigenvalue weighted by molar-refractivity contribution is -0.137. The molecule has 0 unspecified atom stereocenters. The summed E-state index contributed by atoms with van der Waals surface area (Å²) in [4.78, 5) is 42.4. The van der Waals surface area contributed by atoms with E-state index in [0.29, 0.717) is 0 Å². The lowest BCUT2D eigenvalue weighted by Gasteiger charge is -2.29. The van der Waals surface area contributed by atoms with Gasteiger partial charge in [-0.05, 0) is 45.7 Å². The zero-order chi connectivity index (χ0) is 17.8. The lowest BCUT2D eigenvalue weighted by Crippen LogP contribution is -2.52. The summed E-state index contributed by atoms with van der Waals surface area (Å²) in [5.41, 5.74) is 1.05. The van der Waals surface area contributed by atoms with E-state index in [1.54, 1.807) is 32.7 Å². The summed E-state index contributed by atoms with van der Waals surface area (Å²) in [5, 5.41) is 0. The molecule has 1 fully saturated rings. The van der Waals surface area contributed by atoms with Gasteiger partial charge in [0.05, 0.1) is 0 Å². The molecule has 2 heterocycles. The van der Waals surface area contributed by atoms with Gasteiger partial charge in [-0.15, -0.1) is 0 Å². The number of carbonyl (C=O) groups is 3. The average Bonchev–Trinajstić information content (AvgIpc) is 2.94. The van der Waals surface area contributed by atoms with Crippen LogP contribution in [0.3, 0.4) is 0 Å². The second kappa shape index (κ2) is 5.33. The Bertz CT molecular complexity index is 728. The highest BCUT2D eigenvalue weighted by Crippen LogP contribution is 2.34. The maximum absolute atomic E-state index is 13.1. The number of nitrogens with zero attached hydrogens (tertiary/aromatic N) is 3. The Morgan fingerprint density at radius 2 is 1.88 bits per heavy atom. The third-order valence-electron chi connectivity index (χ3n) is 5.26. The van der Waals surface area contributed by atoms with Crippen LogP contribution in [0.4, 0.5) is 10.5 Å². The first-order valence-corrected chi connectivity index (χ1v) is 8.20. The molecule has 1 saturated heterocycles. The van der Waals surface area contributed by atoms with E-state index in [4.69, 9.17) is 0 Å². The van der Waals surface area contributed by atoms with Crippen molar-refractivity contribution in [3.8, 4) is 0 Å². The van der Waals surface area contributed by atoms with Gasteiger partial charge in [-0.25, -0.2) is 9.69 Å². The minimum Gasteiger partial charge on any atom is -0.313 e. The average molecular weight is 329 g/mol. The topological polar surface area (TPSA) is 60.9 Å². The monoisotopic (exact) mass is 329 g/mol. The number of carbonyl (C=O) groups excluding carboxylic acids is 3. The van der Waals surface area contributed by atoms with E-state index in [1.807, 2.05) is 31.2 Å². The number of amides is 4. The van der Waals surface area contributed by atoms with E-state index in [9.17, 15) is 14.4 Å². The maximum atomic E-state index is 13.1. The van der Waals surface area contributed by atoms with Gasteiger partial charge in [-0.2, -0.15) is 0 Å². The molecule has 2 atom stereocenters. The van der Waals surface area contributed by atoms with Gasteiger partial charge in [-0.3, -0.25) is 9.59 Å². The summed E-state index contributed by atoms with van der Waals surface area (Å²) in [6.45, 7) is 6.99. The Morgan fingerprint density at radius 3 is 2.46 bits per heavy atom. The molecular formula is C18H23N3O3.